The molecule has 2 N–H and O–H groups in total. The molecule has 1 aliphatic rings. The normalized spacial score (nSPS) is 19.0. The lowest BCUT2D eigenvalue weighted by Crippen LogP contribution is -2.40. The fourth-order valence-electron chi connectivity index (χ4n) is 2.98. The molecule has 0 aromatic heterocycles. The second-order valence-corrected chi connectivity index (χ2v) is 5.82. The standard InChI is InChI=1S/C16H26N2O/c1-12(17)16(18(2)11-13-6-4-7-13)14-8-5-9-15(10-14)19-3/h5,8-10,12-13,16H,4,6-7,11,17H2,1-3H3. The fourth-order valence-corrected chi connectivity index (χ4v) is 2.98. The first-order chi connectivity index (χ1) is 9.11. The van der Waals surface area contributed by atoms with Crippen molar-refractivity contribution in [3.05, 3.63) is 29.8 Å². The molecule has 0 aliphatic heterocycles. The lowest BCUT2D eigenvalue weighted by Gasteiger charge is -2.37. The van der Waals surface area contributed by atoms with Crippen LogP contribution >= 0.6 is 0 Å². The number of nitrogens with zero attached hydrogens (tertiary/aromatic N) is 1. The van der Waals surface area contributed by atoms with E-state index in [-0.39, 0.29) is 12.1 Å². The number of rotatable bonds is 6. The third kappa shape index (κ3) is 3.48. The average Bonchev–Trinajstić information content (AvgIpc) is 2.34. The van der Waals surface area contributed by atoms with Gasteiger partial charge in [-0.3, -0.25) is 4.90 Å². The highest BCUT2D eigenvalue weighted by molar-refractivity contribution is 5.31. The molecule has 0 bridgehead atoms. The third-order valence-electron chi connectivity index (χ3n) is 4.18. The summed E-state index contributed by atoms with van der Waals surface area (Å²) < 4.78 is 5.32. The Bertz CT molecular complexity index is 401. The molecule has 1 aromatic carbocycles. The summed E-state index contributed by atoms with van der Waals surface area (Å²) in [7, 11) is 3.89. The van der Waals surface area contributed by atoms with E-state index in [2.05, 4.69) is 31.0 Å². The highest BCUT2D eigenvalue weighted by atomic mass is 16.5. The molecular weight excluding hydrogens is 236 g/mol. The summed E-state index contributed by atoms with van der Waals surface area (Å²) in [5.41, 5.74) is 7.46. The molecule has 1 aliphatic carbocycles. The van der Waals surface area contributed by atoms with Gasteiger partial charge >= 0.3 is 0 Å². The van der Waals surface area contributed by atoms with Gasteiger partial charge in [-0.15, -0.1) is 0 Å². The van der Waals surface area contributed by atoms with Crippen LogP contribution in [0.3, 0.4) is 0 Å². The molecule has 0 radical (unpaired) electrons. The molecule has 3 heteroatoms. The zero-order chi connectivity index (χ0) is 13.8. The first kappa shape index (κ1) is 14.4. The molecule has 1 aromatic rings. The van der Waals surface area contributed by atoms with E-state index in [0.29, 0.717) is 0 Å². The molecule has 19 heavy (non-hydrogen) atoms. The molecule has 0 amide bonds. The van der Waals surface area contributed by atoms with E-state index in [1.165, 1.54) is 24.8 Å². The van der Waals surface area contributed by atoms with Gasteiger partial charge in [-0.25, -0.2) is 0 Å². The molecule has 2 rings (SSSR count). The molecule has 0 heterocycles. The minimum atomic E-state index is 0.109. The highest BCUT2D eigenvalue weighted by Gasteiger charge is 2.26. The number of methoxy groups -OCH3 is 1. The fraction of sp³-hybridized carbons (Fsp3) is 0.625. The lowest BCUT2D eigenvalue weighted by atomic mass is 9.84. The number of benzene rings is 1. The number of hydrogen-bond donors (Lipinski definition) is 1. The second kappa shape index (κ2) is 6.40. The quantitative estimate of drug-likeness (QED) is 0.856. The van der Waals surface area contributed by atoms with Gasteiger partial charge in [-0.05, 0) is 50.4 Å². The van der Waals surface area contributed by atoms with E-state index in [4.69, 9.17) is 10.5 Å². The summed E-state index contributed by atoms with van der Waals surface area (Å²) in [6, 6.07) is 8.64. The van der Waals surface area contributed by atoms with Crippen LogP contribution in [0.1, 0.15) is 37.8 Å². The Morgan fingerprint density at radius 3 is 2.68 bits per heavy atom. The Morgan fingerprint density at radius 2 is 2.16 bits per heavy atom. The van der Waals surface area contributed by atoms with E-state index in [1.807, 2.05) is 12.1 Å². The van der Waals surface area contributed by atoms with E-state index in [1.54, 1.807) is 7.11 Å². The minimum absolute atomic E-state index is 0.109. The third-order valence-corrected chi connectivity index (χ3v) is 4.18. The Hall–Kier alpha value is -1.06. The van der Waals surface area contributed by atoms with Crippen molar-refractivity contribution in [2.75, 3.05) is 20.7 Å². The highest BCUT2D eigenvalue weighted by Crippen LogP contribution is 2.31. The zero-order valence-electron chi connectivity index (χ0n) is 12.3. The van der Waals surface area contributed by atoms with Crippen molar-refractivity contribution >= 4 is 0 Å². The molecule has 106 valence electrons. The molecule has 1 fully saturated rings. The van der Waals surface area contributed by atoms with Crippen LogP contribution in [0.25, 0.3) is 0 Å². The van der Waals surface area contributed by atoms with Crippen LogP contribution in [0.15, 0.2) is 24.3 Å². The van der Waals surface area contributed by atoms with Crippen molar-refractivity contribution < 1.29 is 4.74 Å². The van der Waals surface area contributed by atoms with Gasteiger partial charge in [0.1, 0.15) is 5.75 Å². The van der Waals surface area contributed by atoms with Gasteiger partial charge < -0.3 is 10.5 Å². The van der Waals surface area contributed by atoms with Crippen LogP contribution in [0, 0.1) is 5.92 Å². The first-order valence-corrected chi connectivity index (χ1v) is 7.21. The van der Waals surface area contributed by atoms with Crippen LogP contribution in [0.5, 0.6) is 5.75 Å². The predicted molar refractivity (Wildman–Crippen MR) is 79.4 cm³/mol. The molecule has 2 unspecified atom stereocenters. The van der Waals surface area contributed by atoms with Gasteiger partial charge in [-0.1, -0.05) is 18.6 Å². The Kier molecular flexibility index (Phi) is 4.83. The molecule has 2 atom stereocenters. The van der Waals surface area contributed by atoms with Crippen molar-refractivity contribution in [2.24, 2.45) is 11.7 Å². The van der Waals surface area contributed by atoms with Crippen LogP contribution in [-0.2, 0) is 0 Å². The maximum Gasteiger partial charge on any atom is 0.119 e. The number of likely N-dealkylation sites (N-methyl/N-ethyl adjacent to an activating group) is 1. The lowest BCUT2D eigenvalue weighted by molar-refractivity contribution is 0.149. The van der Waals surface area contributed by atoms with E-state index < -0.39 is 0 Å². The van der Waals surface area contributed by atoms with Gasteiger partial charge in [0.05, 0.1) is 7.11 Å². The van der Waals surface area contributed by atoms with E-state index >= 15 is 0 Å². The summed E-state index contributed by atoms with van der Waals surface area (Å²) in [5.74, 6) is 1.76. The number of hydrogen-bond acceptors (Lipinski definition) is 3. The monoisotopic (exact) mass is 262 g/mol. The van der Waals surface area contributed by atoms with Crippen LogP contribution in [0.4, 0.5) is 0 Å². The smallest absolute Gasteiger partial charge is 0.119 e. The number of ether oxygens (including phenoxy) is 1. The maximum atomic E-state index is 6.21. The van der Waals surface area contributed by atoms with Crippen molar-refractivity contribution in [2.45, 2.75) is 38.3 Å². The minimum Gasteiger partial charge on any atom is -0.497 e. The molecule has 0 spiro atoms. The molecule has 3 nitrogen and oxygen atoms in total. The van der Waals surface area contributed by atoms with Crippen molar-refractivity contribution in [3.63, 3.8) is 0 Å². The summed E-state index contributed by atoms with van der Waals surface area (Å²) in [6.07, 6.45) is 4.13. The summed E-state index contributed by atoms with van der Waals surface area (Å²) in [6.45, 7) is 3.23. The van der Waals surface area contributed by atoms with Gasteiger partial charge in [-0.2, -0.15) is 0 Å². The molecule has 1 saturated carbocycles. The summed E-state index contributed by atoms with van der Waals surface area (Å²) in [4.78, 5) is 2.41. The Morgan fingerprint density at radius 1 is 1.42 bits per heavy atom. The SMILES string of the molecule is COc1cccc(C(C(C)N)N(C)CC2CCC2)c1. The first-order valence-electron chi connectivity index (χ1n) is 7.21. The van der Waals surface area contributed by atoms with E-state index in [0.717, 1.165) is 18.2 Å². The summed E-state index contributed by atoms with van der Waals surface area (Å²) in [5, 5.41) is 0. The van der Waals surface area contributed by atoms with Gasteiger partial charge in [0.2, 0.25) is 0 Å². The van der Waals surface area contributed by atoms with Gasteiger partial charge in [0.15, 0.2) is 0 Å². The maximum absolute atomic E-state index is 6.21. The van der Waals surface area contributed by atoms with Crippen LogP contribution < -0.4 is 10.5 Å². The zero-order valence-corrected chi connectivity index (χ0v) is 12.3. The van der Waals surface area contributed by atoms with Crippen molar-refractivity contribution in [1.82, 2.24) is 4.90 Å². The number of nitrogens with two attached hydrogens (primary N) is 1. The van der Waals surface area contributed by atoms with Crippen LogP contribution in [0.2, 0.25) is 0 Å². The Labute approximate surface area is 116 Å². The topological polar surface area (TPSA) is 38.5 Å². The molecule has 0 saturated heterocycles. The second-order valence-electron chi connectivity index (χ2n) is 5.82. The van der Waals surface area contributed by atoms with Gasteiger partial charge in [0, 0.05) is 18.6 Å². The summed E-state index contributed by atoms with van der Waals surface area (Å²) >= 11 is 0. The van der Waals surface area contributed by atoms with Crippen LogP contribution in [-0.4, -0.2) is 31.6 Å². The van der Waals surface area contributed by atoms with Crippen molar-refractivity contribution in [3.8, 4) is 5.75 Å². The van der Waals surface area contributed by atoms with Gasteiger partial charge in [0.25, 0.3) is 0 Å². The largest absolute Gasteiger partial charge is 0.497 e. The predicted octanol–water partition coefficient (Wildman–Crippen LogP) is 2.82. The average molecular weight is 262 g/mol. The molecular formula is C16H26N2O. The van der Waals surface area contributed by atoms with Crippen molar-refractivity contribution in [1.29, 1.82) is 0 Å². The van der Waals surface area contributed by atoms with E-state index in [9.17, 15) is 0 Å². The Balaban J connectivity index is 2.12.